The lowest BCUT2D eigenvalue weighted by Gasteiger charge is -2.17. The molecule has 0 aliphatic carbocycles. The molecule has 208 valence electrons. The SMILES string of the molecule is CN1C(=O)c2cccc(-n3c4c(-c5ccc(C#N)cc5C#N)cccc4c4cccc(-c5ccc(C#N)cc5C#N)c43)c2C1=O. The molecule has 0 saturated heterocycles. The third-order valence-electron chi connectivity index (χ3n) is 8.26. The van der Waals surface area contributed by atoms with Gasteiger partial charge >= 0.3 is 0 Å². The Morgan fingerprint density at radius 2 is 1.02 bits per heavy atom. The maximum atomic E-state index is 13.6. The van der Waals surface area contributed by atoms with E-state index in [2.05, 4.69) is 24.3 Å². The monoisotopic (exact) mass is 578 g/mol. The van der Waals surface area contributed by atoms with Crippen molar-refractivity contribution in [1.82, 2.24) is 9.47 Å². The zero-order valence-corrected chi connectivity index (χ0v) is 23.7. The van der Waals surface area contributed by atoms with Crippen LogP contribution in [-0.2, 0) is 0 Å². The topological polar surface area (TPSA) is 137 Å². The van der Waals surface area contributed by atoms with Crippen molar-refractivity contribution in [2.45, 2.75) is 0 Å². The normalized spacial score (nSPS) is 12.1. The van der Waals surface area contributed by atoms with Crippen molar-refractivity contribution in [3.05, 3.63) is 124 Å². The summed E-state index contributed by atoms with van der Waals surface area (Å²) in [4.78, 5) is 27.8. The van der Waals surface area contributed by atoms with Gasteiger partial charge < -0.3 is 4.57 Å². The number of carbonyl (C=O) groups excluding carboxylic acids is 2. The van der Waals surface area contributed by atoms with Gasteiger partial charge in [0, 0.05) is 40.1 Å². The van der Waals surface area contributed by atoms with Crippen LogP contribution in [0.3, 0.4) is 0 Å². The van der Waals surface area contributed by atoms with E-state index in [0.717, 1.165) is 15.7 Å². The number of hydrogen-bond donors (Lipinski definition) is 0. The molecule has 2 heterocycles. The van der Waals surface area contributed by atoms with Crippen molar-refractivity contribution in [2.24, 2.45) is 0 Å². The molecule has 1 aromatic heterocycles. The van der Waals surface area contributed by atoms with Gasteiger partial charge in [0.1, 0.15) is 0 Å². The van der Waals surface area contributed by atoms with E-state index in [-0.39, 0.29) is 11.1 Å². The van der Waals surface area contributed by atoms with E-state index in [1.807, 2.05) is 41.0 Å². The standard InChI is InChI=1S/C37H18N6O2/c1-42-36(44)31-9-4-10-32(33(31)37(42)45)43-34-27(25-13-11-21(17-38)15-23(25)19-40)5-2-7-29(34)30-8-3-6-28(35(30)43)26-14-12-22(18-39)16-24(26)20-41/h2-16H,1H3. The number of rotatable bonds is 3. The number of fused-ring (bicyclic) bond motifs is 4. The second kappa shape index (κ2) is 10.1. The summed E-state index contributed by atoms with van der Waals surface area (Å²) in [5.41, 5.74) is 6.20. The molecule has 1 aliphatic heterocycles. The van der Waals surface area contributed by atoms with Gasteiger partial charge in [-0.2, -0.15) is 21.0 Å². The zero-order valence-electron chi connectivity index (χ0n) is 23.7. The molecule has 0 bridgehead atoms. The van der Waals surface area contributed by atoms with Crippen molar-refractivity contribution in [1.29, 1.82) is 21.0 Å². The zero-order chi connectivity index (χ0) is 31.4. The quantitative estimate of drug-likeness (QED) is 0.211. The van der Waals surface area contributed by atoms with Crippen LogP contribution in [0.4, 0.5) is 0 Å². The number of nitriles is 4. The summed E-state index contributed by atoms with van der Waals surface area (Å²) in [6, 6.07) is 35.0. The van der Waals surface area contributed by atoms with Crippen LogP contribution in [0.1, 0.15) is 43.0 Å². The lowest BCUT2D eigenvalue weighted by atomic mass is 9.95. The summed E-state index contributed by atoms with van der Waals surface area (Å²) in [6.07, 6.45) is 0. The molecular formula is C37H18N6O2. The Balaban J connectivity index is 1.71. The number of benzene rings is 5. The average Bonchev–Trinajstić information content (AvgIpc) is 3.55. The number of hydrogen-bond acceptors (Lipinski definition) is 6. The lowest BCUT2D eigenvalue weighted by molar-refractivity contribution is 0.0693. The third kappa shape index (κ3) is 3.81. The fourth-order valence-electron chi connectivity index (χ4n) is 6.24. The van der Waals surface area contributed by atoms with Gasteiger partial charge in [-0.05, 0) is 36.4 Å². The first-order chi connectivity index (χ1) is 21.9. The Bertz CT molecular complexity index is 2360. The van der Waals surface area contributed by atoms with Gasteiger partial charge in [-0.15, -0.1) is 0 Å². The summed E-state index contributed by atoms with van der Waals surface area (Å²) in [6.45, 7) is 0. The minimum atomic E-state index is -0.442. The molecule has 0 fully saturated rings. The number of amides is 2. The number of aromatic nitrogens is 1. The highest BCUT2D eigenvalue weighted by Gasteiger charge is 2.36. The molecule has 8 nitrogen and oxygen atoms in total. The van der Waals surface area contributed by atoms with Gasteiger partial charge in [-0.1, -0.05) is 54.6 Å². The van der Waals surface area contributed by atoms with Crippen molar-refractivity contribution in [2.75, 3.05) is 7.05 Å². The van der Waals surface area contributed by atoms with Crippen LogP contribution >= 0.6 is 0 Å². The van der Waals surface area contributed by atoms with Gasteiger partial charge in [0.05, 0.1) is 74.4 Å². The summed E-state index contributed by atoms with van der Waals surface area (Å²) >= 11 is 0. The van der Waals surface area contributed by atoms with Crippen molar-refractivity contribution < 1.29 is 9.59 Å². The van der Waals surface area contributed by atoms with E-state index in [0.29, 0.717) is 61.2 Å². The van der Waals surface area contributed by atoms with Crippen molar-refractivity contribution in [3.8, 4) is 52.2 Å². The van der Waals surface area contributed by atoms with Gasteiger partial charge in [-0.25, -0.2) is 0 Å². The van der Waals surface area contributed by atoms with Crippen LogP contribution in [0.25, 0.3) is 49.7 Å². The van der Waals surface area contributed by atoms with Crippen LogP contribution in [0.15, 0.2) is 91.0 Å². The Morgan fingerprint density at radius 1 is 0.533 bits per heavy atom. The maximum absolute atomic E-state index is 13.6. The molecule has 0 saturated carbocycles. The average molecular weight is 579 g/mol. The first-order valence-electron chi connectivity index (χ1n) is 13.8. The van der Waals surface area contributed by atoms with E-state index < -0.39 is 11.8 Å². The lowest BCUT2D eigenvalue weighted by Crippen LogP contribution is -2.24. The first-order valence-corrected chi connectivity index (χ1v) is 13.8. The molecule has 0 N–H and O–H groups in total. The van der Waals surface area contributed by atoms with Crippen LogP contribution in [0.5, 0.6) is 0 Å². The number of nitrogens with zero attached hydrogens (tertiary/aromatic N) is 6. The minimum absolute atomic E-state index is 0.245. The summed E-state index contributed by atoms with van der Waals surface area (Å²) < 4.78 is 1.93. The largest absolute Gasteiger partial charge is 0.307 e. The van der Waals surface area contributed by atoms with Crippen molar-refractivity contribution >= 4 is 33.6 Å². The molecule has 2 amide bonds. The fraction of sp³-hybridized carbons (Fsp3) is 0.0270. The predicted molar refractivity (Wildman–Crippen MR) is 167 cm³/mol. The molecule has 45 heavy (non-hydrogen) atoms. The van der Waals surface area contributed by atoms with Crippen LogP contribution in [-0.4, -0.2) is 28.3 Å². The van der Waals surface area contributed by atoms with E-state index in [1.165, 1.54) is 7.05 Å². The number of para-hydroxylation sites is 2. The molecule has 0 spiro atoms. The Morgan fingerprint density at radius 3 is 1.51 bits per heavy atom. The molecule has 1 aliphatic rings. The van der Waals surface area contributed by atoms with Gasteiger partial charge in [-0.3, -0.25) is 14.5 Å². The van der Waals surface area contributed by atoms with Crippen LogP contribution in [0, 0.1) is 45.3 Å². The summed E-state index contributed by atoms with van der Waals surface area (Å²) in [5.74, 6) is -0.849. The molecular weight excluding hydrogens is 560 g/mol. The van der Waals surface area contributed by atoms with Crippen molar-refractivity contribution in [3.63, 3.8) is 0 Å². The molecule has 8 heteroatoms. The third-order valence-corrected chi connectivity index (χ3v) is 8.26. The van der Waals surface area contributed by atoms with E-state index in [9.17, 15) is 30.6 Å². The van der Waals surface area contributed by atoms with E-state index >= 15 is 0 Å². The molecule has 6 aromatic rings. The van der Waals surface area contributed by atoms with E-state index in [4.69, 9.17) is 0 Å². The van der Waals surface area contributed by atoms with Crippen LogP contribution in [0.2, 0.25) is 0 Å². The highest BCUT2D eigenvalue weighted by atomic mass is 16.2. The summed E-state index contributed by atoms with van der Waals surface area (Å²) in [7, 11) is 1.45. The number of imide groups is 1. The van der Waals surface area contributed by atoms with Gasteiger partial charge in [0.15, 0.2) is 0 Å². The Kier molecular flexibility index (Phi) is 6.01. The first kappa shape index (κ1) is 26.9. The highest BCUT2D eigenvalue weighted by Crippen LogP contribution is 2.44. The van der Waals surface area contributed by atoms with E-state index in [1.54, 1.807) is 54.6 Å². The maximum Gasteiger partial charge on any atom is 0.263 e. The molecule has 0 radical (unpaired) electrons. The summed E-state index contributed by atoms with van der Waals surface area (Å²) in [5, 5.41) is 40.8. The molecule has 0 atom stereocenters. The van der Waals surface area contributed by atoms with Crippen LogP contribution < -0.4 is 0 Å². The highest BCUT2D eigenvalue weighted by molar-refractivity contribution is 6.24. The molecule has 7 rings (SSSR count). The smallest absolute Gasteiger partial charge is 0.263 e. The minimum Gasteiger partial charge on any atom is -0.307 e. The second-order valence-corrected chi connectivity index (χ2v) is 10.6. The van der Waals surface area contributed by atoms with Gasteiger partial charge in [0.25, 0.3) is 11.8 Å². The second-order valence-electron chi connectivity index (χ2n) is 10.6. The van der Waals surface area contributed by atoms with Gasteiger partial charge in [0.2, 0.25) is 0 Å². The molecule has 0 unspecified atom stereocenters. The fourth-order valence-corrected chi connectivity index (χ4v) is 6.24. The Labute approximate surface area is 257 Å². The predicted octanol–water partition coefficient (Wildman–Crippen LogP) is 6.83. The molecule has 5 aromatic carbocycles. The Hall–Kier alpha value is -7.00. The number of carbonyl (C=O) groups is 2.